The third-order valence-corrected chi connectivity index (χ3v) is 3.22. The van der Waals surface area contributed by atoms with Crippen LogP contribution in [0.15, 0.2) is 48.5 Å². The topological polar surface area (TPSA) is 64.6 Å². The minimum atomic E-state index is -0.606. The van der Waals surface area contributed by atoms with Crippen LogP contribution in [0.1, 0.15) is 29.8 Å². The predicted octanol–water partition coefficient (Wildman–Crippen LogP) is 3.55. The highest BCUT2D eigenvalue weighted by atomic mass is 19.1. The number of benzene rings is 2. The molecular formula is C19H20FNO4. The highest BCUT2D eigenvalue weighted by Gasteiger charge is 2.11. The van der Waals surface area contributed by atoms with Crippen LogP contribution in [0.3, 0.4) is 0 Å². The van der Waals surface area contributed by atoms with Gasteiger partial charge in [-0.15, -0.1) is 0 Å². The van der Waals surface area contributed by atoms with Crippen LogP contribution in [-0.4, -0.2) is 24.6 Å². The van der Waals surface area contributed by atoms with Crippen molar-refractivity contribution in [2.75, 3.05) is 11.9 Å². The number of carbonyl (C=O) groups excluding carboxylic acids is 2. The van der Waals surface area contributed by atoms with Crippen LogP contribution >= 0.6 is 0 Å². The summed E-state index contributed by atoms with van der Waals surface area (Å²) in [5, 5.41) is 2.45. The molecule has 0 unspecified atom stereocenters. The molecule has 132 valence electrons. The van der Waals surface area contributed by atoms with Gasteiger partial charge in [-0.05, 0) is 49.7 Å². The van der Waals surface area contributed by atoms with Crippen molar-refractivity contribution < 1.29 is 23.5 Å². The summed E-state index contributed by atoms with van der Waals surface area (Å²) < 4.78 is 23.5. The average Bonchev–Trinajstić information content (AvgIpc) is 2.58. The smallest absolute Gasteiger partial charge is 0.338 e. The zero-order chi connectivity index (χ0) is 18.2. The van der Waals surface area contributed by atoms with E-state index >= 15 is 0 Å². The second-order valence-corrected chi connectivity index (χ2v) is 5.69. The van der Waals surface area contributed by atoms with Gasteiger partial charge in [0.25, 0.3) is 5.91 Å². The summed E-state index contributed by atoms with van der Waals surface area (Å²) in [5.41, 5.74) is 1.58. The fourth-order valence-electron chi connectivity index (χ4n) is 1.98. The molecule has 6 heteroatoms. The summed E-state index contributed by atoms with van der Waals surface area (Å²) in [6, 6.07) is 12.2. The Labute approximate surface area is 145 Å². The van der Waals surface area contributed by atoms with Crippen LogP contribution in [0.5, 0.6) is 0 Å². The number of rotatable bonds is 7. The number of anilines is 1. The van der Waals surface area contributed by atoms with Gasteiger partial charge in [0.15, 0.2) is 6.61 Å². The molecule has 0 spiro atoms. The van der Waals surface area contributed by atoms with Gasteiger partial charge in [-0.3, -0.25) is 4.79 Å². The number of nitrogens with one attached hydrogen (secondary N) is 1. The number of hydrogen-bond acceptors (Lipinski definition) is 4. The van der Waals surface area contributed by atoms with Gasteiger partial charge in [-0.25, -0.2) is 9.18 Å². The Kier molecular flexibility index (Phi) is 6.65. The number of ether oxygens (including phenoxy) is 2. The molecule has 0 atom stereocenters. The summed E-state index contributed by atoms with van der Waals surface area (Å²) in [6.07, 6.45) is 0.126. The van der Waals surface area contributed by atoms with E-state index in [9.17, 15) is 14.0 Å². The van der Waals surface area contributed by atoms with Crippen LogP contribution in [0, 0.1) is 5.82 Å². The zero-order valence-electron chi connectivity index (χ0n) is 14.1. The third-order valence-electron chi connectivity index (χ3n) is 3.22. The monoisotopic (exact) mass is 345 g/mol. The van der Waals surface area contributed by atoms with Crippen molar-refractivity contribution in [2.24, 2.45) is 0 Å². The quantitative estimate of drug-likeness (QED) is 0.780. The van der Waals surface area contributed by atoms with Gasteiger partial charge >= 0.3 is 5.97 Å². The summed E-state index contributed by atoms with van der Waals surface area (Å²) in [7, 11) is 0. The van der Waals surface area contributed by atoms with Crippen LogP contribution in [-0.2, 0) is 20.9 Å². The molecule has 0 aliphatic heterocycles. The summed E-state index contributed by atoms with van der Waals surface area (Å²) in [6.45, 7) is 3.90. The molecule has 2 aromatic rings. The minimum Gasteiger partial charge on any atom is -0.452 e. The lowest BCUT2D eigenvalue weighted by Gasteiger charge is -2.09. The van der Waals surface area contributed by atoms with Crippen molar-refractivity contribution in [1.29, 1.82) is 0 Å². The van der Waals surface area contributed by atoms with Gasteiger partial charge < -0.3 is 14.8 Å². The molecule has 1 N–H and O–H groups in total. The SMILES string of the molecule is CC(C)OCc1ccc(C(=O)OCC(=O)Nc2cccc(F)c2)cc1. The maximum atomic E-state index is 13.0. The van der Waals surface area contributed by atoms with E-state index in [-0.39, 0.29) is 6.10 Å². The Morgan fingerprint density at radius 1 is 1.12 bits per heavy atom. The summed E-state index contributed by atoms with van der Waals surface area (Å²) in [4.78, 5) is 23.7. The Balaban J connectivity index is 1.82. The highest BCUT2D eigenvalue weighted by molar-refractivity contribution is 5.95. The molecule has 2 rings (SSSR count). The molecule has 1 amide bonds. The van der Waals surface area contributed by atoms with E-state index in [1.165, 1.54) is 18.2 Å². The van der Waals surface area contributed by atoms with Gasteiger partial charge in [0.05, 0.1) is 18.3 Å². The fourth-order valence-corrected chi connectivity index (χ4v) is 1.98. The predicted molar refractivity (Wildman–Crippen MR) is 91.7 cm³/mol. The van der Waals surface area contributed by atoms with Crippen molar-refractivity contribution in [3.63, 3.8) is 0 Å². The van der Waals surface area contributed by atoms with Gasteiger partial charge in [0, 0.05) is 5.69 Å². The summed E-state index contributed by atoms with van der Waals surface area (Å²) >= 11 is 0. The Hall–Kier alpha value is -2.73. The number of halogens is 1. The first-order chi connectivity index (χ1) is 11.9. The summed E-state index contributed by atoms with van der Waals surface area (Å²) in [5.74, 6) is -1.61. The largest absolute Gasteiger partial charge is 0.452 e. The Morgan fingerprint density at radius 2 is 1.84 bits per heavy atom. The van der Waals surface area contributed by atoms with Crippen molar-refractivity contribution >= 4 is 17.6 Å². The normalized spacial score (nSPS) is 10.6. The van der Waals surface area contributed by atoms with E-state index in [2.05, 4.69) is 5.32 Å². The lowest BCUT2D eigenvalue weighted by Crippen LogP contribution is -2.21. The van der Waals surface area contributed by atoms with Crippen LogP contribution < -0.4 is 5.32 Å². The van der Waals surface area contributed by atoms with Crippen molar-refractivity contribution in [1.82, 2.24) is 0 Å². The molecule has 0 aliphatic rings. The molecule has 0 heterocycles. The molecule has 0 saturated heterocycles. The van der Waals surface area contributed by atoms with Crippen LogP contribution in [0.2, 0.25) is 0 Å². The highest BCUT2D eigenvalue weighted by Crippen LogP contribution is 2.10. The molecule has 2 aromatic carbocycles. The first-order valence-corrected chi connectivity index (χ1v) is 7.87. The average molecular weight is 345 g/mol. The second-order valence-electron chi connectivity index (χ2n) is 5.69. The number of hydrogen-bond donors (Lipinski definition) is 1. The molecule has 25 heavy (non-hydrogen) atoms. The number of esters is 1. The van der Waals surface area contributed by atoms with E-state index in [0.29, 0.717) is 17.9 Å². The van der Waals surface area contributed by atoms with E-state index in [1.807, 2.05) is 13.8 Å². The molecule has 0 bridgehead atoms. The van der Waals surface area contributed by atoms with Gasteiger partial charge in [0.1, 0.15) is 5.82 Å². The maximum Gasteiger partial charge on any atom is 0.338 e. The Bertz CT molecular complexity index is 728. The molecular weight excluding hydrogens is 325 g/mol. The number of carbonyl (C=O) groups is 2. The van der Waals surface area contributed by atoms with Crippen LogP contribution in [0.25, 0.3) is 0 Å². The maximum absolute atomic E-state index is 13.0. The third kappa shape index (κ3) is 6.35. The fraction of sp³-hybridized carbons (Fsp3) is 0.263. The zero-order valence-corrected chi connectivity index (χ0v) is 14.1. The molecule has 0 aromatic heterocycles. The van der Waals surface area contributed by atoms with Gasteiger partial charge in [-0.1, -0.05) is 18.2 Å². The van der Waals surface area contributed by atoms with E-state index in [1.54, 1.807) is 30.3 Å². The van der Waals surface area contributed by atoms with E-state index in [0.717, 1.165) is 5.56 Å². The second kappa shape index (κ2) is 8.94. The molecule has 0 saturated carbocycles. The Morgan fingerprint density at radius 3 is 2.48 bits per heavy atom. The lowest BCUT2D eigenvalue weighted by atomic mass is 10.1. The van der Waals surface area contributed by atoms with Crippen LogP contribution in [0.4, 0.5) is 10.1 Å². The molecule has 0 fully saturated rings. The van der Waals surface area contributed by atoms with E-state index < -0.39 is 24.3 Å². The lowest BCUT2D eigenvalue weighted by molar-refractivity contribution is -0.119. The minimum absolute atomic E-state index is 0.126. The molecule has 0 aliphatic carbocycles. The van der Waals surface area contributed by atoms with Crippen molar-refractivity contribution in [3.05, 3.63) is 65.5 Å². The van der Waals surface area contributed by atoms with Gasteiger partial charge in [0.2, 0.25) is 0 Å². The standard InChI is InChI=1S/C19H20FNO4/c1-13(2)24-11-14-6-8-15(9-7-14)19(23)25-12-18(22)21-17-5-3-4-16(20)10-17/h3-10,13H,11-12H2,1-2H3,(H,21,22). The van der Waals surface area contributed by atoms with Crippen molar-refractivity contribution in [3.8, 4) is 0 Å². The van der Waals surface area contributed by atoms with Crippen molar-refractivity contribution in [2.45, 2.75) is 26.6 Å². The first-order valence-electron chi connectivity index (χ1n) is 7.87. The number of amides is 1. The first kappa shape index (κ1) is 18.6. The molecule has 5 nitrogen and oxygen atoms in total. The van der Waals surface area contributed by atoms with Gasteiger partial charge in [-0.2, -0.15) is 0 Å². The molecule has 0 radical (unpaired) electrons. The van der Waals surface area contributed by atoms with E-state index in [4.69, 9.17) is 9.47 Å².